The number of hydroxylamine groups is 2. The van der Waals surface area contributed by atoms with Crippen LogP contribution in [0.4, 0.5) is 0 Å². The van der Waals surface area contributed by atoms with Crippen LogP contribution in [0, 0.1) is 5.92 Å². The van der Waals surface area contributed by atoms with Gasteiger partial charge in [-0.2, -0.15) is 5.06 Å². The maximum Gasteiger partial charge on any atom is 0.0575 e. The molecule has 2 bridgehead atoms. The average Bonchev–Trinajstić information content (AvgIpc) is 2.64. The molecular formula is C9H18N2O. The number of hydrogen-bond acceptors (Lipinski definition) is 3. The van der Waals surface area contributed by atoms with Gasteiger partial charge in [-0.3, -0.25) is 0 Å². The first-order valence-electron chi connectivity index (χ1n) is 4.81. The van der Waals surface area contributed by atoms with Gasteiger partial charge in [0.05, 0.1) is 7.11 Å². The summed E-state index contributed by atoms with van der Waals surface area (Å²) in [5.74, 6) is 0.814. The van der Waals surface area contributed by atoms with Crippen molar-refractivity contribution >= 4 is 0 Å². The first kappa shape index (κ1) is 8.48. The van der Waals surface area contributed by atoms with Gasteiger partial charge < -0.3 is 10.2 Å². The normalized spacial score (nSPS) is 39.8. The van der Waals surface area contributed by atoms with Crippen molar-refractivity contribution in [2.75, 3.05) is 20.7 Å². The van der Waals surface area contributed by atoms with Crippen molar-refractivity contribution < 1.29 is 4.84 Å². The predicted molar refractivity (Wildman–Crippen MR) is 47.7 cm³/mol. The van der Waals surface area contributed by atoms with E-state index < -0.39 is 0 Å². The summed E-state index contributed by atoms with van der Waals surface area (Å²) in [6.45, 7) is 1.07. The highest BCUT2D eigenvalue weighted by atomic mass is 16.7. The van der Waals surface area contributed by atoms with E-state index in [1.54, 1.807) is 7.11 Å². The van der Waals surface area contributed by atoms with Crippen LogP contribution < -0.4 is 5.32 Å². The molecule has 3 atom stereocenters. The molecule has 2 saturated heterocycles. The number of nitrogens with one attached hydrogen (secondary N) is 1. The van der Waals surface area contributed by atoms with Crippen molar-refractivity contribution in [1.82, 2.24) is 10.4 Å². The van der Waals surface area contributed by atoms with Crippen LogP contribution in [0.2, 0.25) is 0 Å². The fourth-order valence-electron chi connectivity index (χ4n) is 2.54. The summed E-state index contributed by atoms with van der Waals surface area (Å²) in [6, 6.07) is 1.58. The van der Waals surface area contributed by atoms with E-state index in [1.165, 1.54) is 19.3 Å². The van der Waals surface area contributed by atoms with Crippen LogP contribution in [-0.4, -0.2) is 37.8 Å². The minimum Gasteiger partial charge on any atom is -0.311 e. The molecule has 0 spiro atoms. The summed E-state index contributed by atoms with van der Waals surface area (Å²) in [6.07, 6.45) is 4.10. The van der Waals surface area contributed by atoms with E-state index in [1.807, 2.05) is 12.1 Å². The zero-order valence-corrected chi connectivity index (χ0v) is 7.92. The summed E-state index contributed by atoms with van der Waals surface area (Å²) in [5, 5.41) is 5.56. The van der Waals surface area contributed by atoms with Crippen LogP contribution in [0.15, 0.2) is 0 Å². The molecule has 3 heteroatoms. The fraction of sp³-hybridized carbons (Fsp3) is 1.00. The average molecular weight is 170 g/mol. The largest absolute Gasteiger partial charge is 0.311 e. The SMILES string of the molecule is CON(C)CC1CC2CCC1N2. The summed E-state index contributed by atoms with van der Waals surface area (Å²) in [7, 11) is 3.74. The van der Waals surface area contributed by atoms with Crippen LogP contribution in [0.1, 0.15) is 19.3 Å². The number of rotatable bonds is 3. The Balaban J connectivity index is 1.82. The van der Waals surface area contributed by atoms with Gasteiger partial charge in [0.25, 0.3) is 0 Å². The van der Waals surface area contributed by atoms with E-state index in [9.17, 15) is 0 Å². The van der Waals surface area contributed by atoms with Crippen molar-refractivity contribution in [3.63, 3.8) is 0 Å². The molecule has 0 aromatic rings. The van der Waals surface area contributed by atoms with Gasteiger partial charge in [-0.15, -0.1) is 0 Å². The summed E-state index contributed by atoms with van der Waals surface area (Å²) < 4.78 is 0. The molecule has 2 aliphatic rings. The van der Waals surface area contributed by atoms with E-state index in [4.69, 9.17) is 4.84 Å². The molecule has 2 fully saturated rings. The molecule has 2 rings (SSSR count). The van der Waals surface area contributed by atoms with E-state index in [-0.39, 0.29) is 0 Å². The van der Waals surface area contributed by atoms with Crippen molar-refractivity contribution in [3.8, 4) is 0 Å². The molecule has 1 N–H and O–H groups in total. The maximum atomic E-state index is 5.13. The molecule has 0 aromatic carbocycles. The topological polar surface area (TPSA) is 24.5 Å². The zero-order chi connectivity index (χ0) is 8.55. The first-order valence-corrected chi connectivity index (χ1v) is 4.81. The molecule has 2 aliphatic heterocycles. The second kappa shape index (κ2) is 3.32. The van der Waals surface area contributed by atoms with Crippen LogP contribution in [0.5, 0.6) is 0 Å². The smallest absolute Gasteiger partial charge is 0.0575 e. The molecular weight excluding hydrogens is 152 g/mol. The number of hydrogen-bond donors (Lipinski definition) is 1. The predicted octanol–water partition coefficient (Wildman–Crippen LogP) is 0.620. The Labute approximate surface area is 74.0 Å². The van der Waals surface area contributed by atoms with E-state index in [2.05, 4.69) is 5.32 Å². The molecule has 3 nitrogen and oxygen atoms in total. The van der Waals surface area contributed by atoms with E-state index in [0.29, 0.717) is 0 Å². The Hall–Kier alpha value is -0.120. The lowest BCUT2D eigenvalue weighted by molar-refractivity contribution is -0.119. The van der Waals surface area contributed by atoms with E-state index >= 15 is 0 Å². The van der Waals surface area contributed by atoms with Crippen molar-refractivity contribution in [2.45, 2.75) is 31.3 Å². The van der Waals surface area contributed by atoms with Gasteiger partial charge >= 0.3 is 0 Å². The third-order valence-electron chi connectivity index (χ3n) is 3.24. The highest BCUT2D eigenvalue weighted by Gasteiger charge is 2.39. The summed E-state index contributed by atoms with van der Waals surface area (Å²) >= 11 is 0. The second-order valence-corrected chi connectivity index (χ2v) is 4.04. The highest BCUT2D eigenvalue weighted by Crippen LogP contribution is 2.33. The Morgan fingerprint density at radius 1 is 1.50 bits per heavy atom. The van der Waals surface area contributed by atoms with Crippen molar-refractivity contribution in [1.29, 1.82) is 0 Å². The molecule has 0 aromatic heterocycles. The Morgan fingerprint density at radius 2 is 2.33 bits per heavy atom. The molecule has 2 heterocycles. The molecule has 3 unspecified atom stereocenters. The third-order valence-corrected chi connectivity index (χ3v) is 3.24. The van der Waals surface area contributed by atoms with Gasteiger partial charge in [-0.1, -0.05) is 0 Å². The van der Waals surface area contributed by atoms with E-state index in [0.717, 1.165) is 24.5 Å². The van der Waals surface area contributed by atoms with Gasteiger partial charge in [-0.05, 0) is 25.2 Å². The third kappa shape index (κ3) is 1.49. The van der Waals surface area contributed by atoms with Crippen LogP contribution >= 0.6 is 0 Å². The van der Waals surface area contributed by atoms with Crippen molar-refractivity contribution in [2.24, 2.45) is 5.92 Å². The van der Waals surface area contributed by atoms with Crippen molar-refractivity contribution in [3.05, 3.63) is 0 Å². The van der Waals surface area contributed by atoms with Crippen LogP contribution in [0.25, 0.3) is 0 Å². The lowest BCUT2D eigenvalue weighted by atomic mass is 9.89. The van der Waals surface area contributed by atoms with Crippen LogP contribution in [-0.2, 0) is 4.84 Å². The molecule has 0 aliphatic carbocycles. The lowest BCUT2D eigenvalue weighted by Crippen LogP contribution is -2.32. The van der Waals surface area contributed by atoms with Gasteiger partial charge in [0.2, 0.25) is 0 Å². The van der Waals surface area contributed by atoms with Gasteiger partial charge in [-0.25, -0.2) is 0 Å². The fourth-order valence-corrected chi connectivity index (χ4v) is 2.54. The van der Waals surface area contributed by atoms with Crippen LogP contribution in [0.3, 0.4) is 0 Å². The summed E-state index contributed by atoms with van der Waals surface area (Å²) in [5.41, 5.74) is 0. The highest BCUT2D eigenvalue weighted by molar-refractivity contribution is 4.97. The molecule has 0 radical (unpaired) electrons. The standard InChI is InChI=1S/C9H18N2O/c1-11(12-2)6-7-5-8-3-4-9(7)10-8/h7-10H,3-6H2,1-2H3. The lowest BCUT2D eigenvalue weighted by Gasteiger charge is -2.24. The number of fused-ring (bicyclic) bond motifs is 2. The zero-order valence-electron chi connectivity index (χ0n) is 7.92. The first-order chi connectivity index (χ1) is 5.79. The monoisotopic (exact) mass is 170 g/mol. The number of nitrogens with zero attached hydrogens (tertiary/aromatic N) is 1. The molecule has 70 valence electrons. The Kier molecular flexibility index (Phi) is 2.35. The maximum absolute atomic E-state index is 5.13. The second-order valence-electron chi connectivity index (χ2n) is 4.04. The Morgan fingerprint density at radius 3 is 2.83 bits per heavy atom. The quantitative estimate of drug-likeness (QED) is 0.628. The molecule has 12 heavy (non-hydrogen) atoms. The minimum absolute atomic E-state index is 0.771. The molecule has 0 saturated carbocycles. The minimum atomic E-state index is 0.771. The Bertz CT molecular complexity index is 163. The van der Waals surface area contributed by atoms with Gasteiger partial charge in [0, 0.05) is 25.7 Å². The molecule has 0 amide bonds. The van der Waals surface area contributed by atoms with Gasteiger partial charge in [0.15, 0.2) is 0 Å². The summed E-state index contributed by atoms with van der Waals surface area (Å²) in [4.78, 5) is 5.13. The van der Waals surface area contributed by atoms with Gasteiger partial charge in [0.1, 0.15) is 0 Å².